The van der Waals surface area contributed by atoms with Gasteiger partial charge < -0.3 is 19.5 Å². The molecule has 122 valence electrons. The molecule has 1 unspecified atom stereocenters. The summed E-state index contributed by atoms with van der Waals surface area (Å²) in [6.07, 6.45) is 3.23. The van der Waals surface area contributed by atoms with E-state index in [1.54, 1.807) is 24.3 Å². The van der Waals surface area contributed by atoms with E-state index in [0.29, 0.717) is 30.5 Å². The standard InChI is InChI=1S/C16H22ClNO4/c17-13-4-6-14(7-5-13)22-12-16(19)18-8-2-9-20-11-15-3-1-10-21-15/h4-7,15H,1-3,8-12H2,(H,18,19). The van der Waals surface area contributed by atoms with E-state index in [2.05, 4.69) is 5.32 Å². The maximum Gasteiger partial charge on any atom is 0.257 e. The first-order valence-corrected chi connectivity index (χ1v) is 7.96. The minimum atomic E-state index is -0.144. The molecule has 1 aromatic rings. The Hall–Kier alpha value is -1.30. The van der Waals surface area contributed by atoms with Crippen LogP contribution in [0.1, 0.15) is 19.3 Å². The van der Waals surface area contributed by atoms with Gasteiger partial charge in [-0.05, 0) is 43.5 Å². The van der Waals surface area contributed by atoms with Crippen molar-refractivity contribution in [3.05, 3.63) is 29.3 Å². The van der Waals surface area contributed by atoms with Gasteiger partial charge in [0.15, 0.2) is 6.61 Å². The highest BCUT2D eigenvalue weighted by Crippen LogP contribution is 2.15. The molecule has 0 aliphatic carbocycles. The molecule has 1 heterocycles. The maximum absolute atomic E-state index is 11.6. The van der Waals surface area contributed by atoms with Crippen LogP contribution < -0.4 is 10.1 Å². The van der Waals surface area contributed by atoms with Crippen molar-refractivity contribution in [1.29, 1.82) is 0 Å². The summed E-state index contributed by atoms with van der Waals surface area (Å²) in [6, 6.07) is 6.91. The molecule has 0 spiro atoms. The summed E-state index contributed by atoms with van der Waals surface area (Å²) in [4.78, 5) is 11.6. The first-order valence-electron chi connectivity index (χ1n) is 7.58. The fourth-order valence-corrected chi connectivity index (χ4v) is 2.25. The van der Waals surface area contributed by atoms with Crippen LogP contribution in [0.4, 0.5) is 0 Å². The lowest BCUT2D eigenvalue weighted by atomic mass is 10.2. The van der Waals surface area contributed by atoms with Crippen molar-refractivity contribution in [2.45, 2.75) is 25.4 Å². The van der Waals surface area contributed by atoms with Crippen molar-refractivity contribution in [3.8, 4) is 5.75 Å². The smallest absolute Gasteiger partial charge is 0.257 e. The minimum Gasteiger partial charge on any atom is -0.484 e. The lowest BCUT2D eigenvalue weighted by molar-refractivity contribution is -0.123. The number of carbonyl (C=O) groups excluding carboxylic acids is 1. The SMILES string of the molecule is O=C(COc1ccc(Cl)cc1)NCCCOCC1CCCO1. The van der Waals surface area contributed by atoms with Crippen molar-refractivity contribution < 1.29 is 19.0 Å². The van der Waals surface area contributed by atoms with E-state index in [0.717, 1.165) is 25.9 Å². The molecular formula is C16H22ClNO4. The lowest BCUT2D eigenvalue weighted by Crippen LogP contribution is -2.30. The highest BCUT2D eigenvalue weighted by atomic mass is 35.5. The Morgan fingerprint density at radius 1 is 1.36 bits per heavy atom. The topological polar surface area (TPSA) is 56.8 Å². The fourth-order valence-electron chi connectivity index (χ4n) is 2.12. The van der Waals surface area contributed by atoms with Gasteiger partial charge >= 0.3 is 0 Å². The average molecular weight is 328 g/mol. The van der Waals surface area contributed by atoms with Gasteiger partial charge in [-0.25, -0.2) is 0 Å². The number of hydrogen-bond donors (Lipinski definition) is 1. The predicted molar refractivity (Wildman–Crippen MR) is 84.4 cm³/mol. The highest BCUT2D eigenvalue weighted by molar-refractivity contribution is 6.30. The third-order valence-corrected chi connectivity index (χ3v) is 3.55. The van der Waals surface area contributed by atoms with E-state index in [4.69, 9.17) is 25.8 Å². The van der Waals surface area contributed by atoms with Crippen LogP contribution in [-0.2, 0) is 14.3 Å². The van der Waals surface area contributed by atoms with Crippen LogP contribution in [0.25, 0.3) is 0 Å². The largest absolute Gasteiger partial charge is 0.484 e. The third kappa shape index (κ3) is 6.64. The first-order chi connectivity index (χ1) is 10.7. The first kappa shape index (κ1) is 17.1. The molecule has 0 saturated carbocycles. The van der Waals surface area contributed by atoms with Crippen LogP contribution in [0.5, 0.6) is 5.75 Å². The Morgan fingerprint density at radius 2 is 2.18 bits per heavy atom. The summed E-state index contributed by atoms with van der Waals surface area (Å²) in [5, 5.41) is 3.43. The summed E-state index contributed by atoms with van der Waals surface area (Å²) in [6.45, 7) is 2.69. The second kappa shape index (κ2) is 9.66. The molecule has 0 aromatic heterocycles. The second-order valence-electron chi connectivity index (χ2n) is 5.16. The molecule has 0 radical (unpaired) electrons. The van der Waals surface area contributed by atoms with Crippen LogP contribution in [0, 0.1) is 0 Å². The van der Waals surface area contributed by atoms with E-state index in [1.165, 1.54) is 0 Å². The van der Waals surface area contributed by atoms with Crippen molar-refractivity contribution >= 4 is 17.5 Å². The maximum atomic E-state index is 11.6. The van der Waals surface area contributed by atoms with Gasteiger partial charge in [0.25, 0.3) is 5.91 Å². The van der Waals surface area contributed by atoms with Gasteiger partial charge in [0, 0.05) is 24.8 Å². The molecule has 1 aromatic carbocycles. The van der Waals surface area contributed by atoms with E-state index in [9.17, 15) is 4.79 Å². The zero-order chi connectivity index (χ0) is 15.6. The molecule has 0 bridgehead atoms. The molecule has 1 aliphatic heterocycles. The van der Waals surface area contributed by atoms with Crippen molar-refractivity contribution in [3.63, 3.8) is 0 Å². The van der Waals surface area contributed by atoms with Gasteiger partial charge in [0.2, 0.25) is 0 Å². The quantitative estimate of drug-likeness (QED) is 0.708. The Kier molecular flexibility index (Phi) is 7.49. The highest BCUT2D eigenvalue weighted by Gasteiger charge is 2.14. The average Bonchev–Trinajstić information content (AvgIpc) is 3.03. The van der Waals surface area contributed by atoms with Crippen LogP contribution in [-0.4, -0.2) is 45.0 Å². The van der Waals surface area contributed by atoms with E-state index < -0.39 is 0 Å². The van der Waals surface area contributed by atoms with E-state index in [1.807, 2.05) is 0 Å². The van der Waals surface area contributed by atoms with Gasteiger partial charge in [-0.15, -0.1) is 0 Å². The predicted octanol–water partition coefficient (Wildman–Crippen LogP) is 2.42. The second-order valence-corrected chi connectivity index (χ2v) is 5.59. The van der Waals surface area contributed by atoms with Crippen molar-refractivity contribution in [2.75, 3.05) is 33.0 Å². The number of hydrogen-bond acceptors (Lipinski definition) is 4. The molecule has 6 heteroatoms. The van der Waals surface area contributed by atoms with Crippen LogP contribution in [0.2, 0.25) is 5.02 Å². The van der Waals surface area contributed by atoms with Gasteiger partial charge in [-0.3, -0.25) is 4.79 Å². The summed E-state index contributed by atoms with van der Waals surface area (Å²) < 4.78 is 16.3. The van der Waals surface area contributed by atoms with Gasteiger partial charge in [-0.2, -0.15) is 0 Å². The van der Waals surface area contributed by atoms with E-state index in [-0.39, 0.29) is 18.6 Å². The summed E-state index contributed by atoms with van der Waals surface area (Å²) in [7, 11) is 0. The Morgan fingerprint density at radius 3 is 2.91 bits per heavy atom. The van der Waals surface area contributed by atoms with Crippen LogP contribution in [0.15, 0.2) is 24.3 Å². The molecule has 1 aliphatic rings. The lowest BCUT2D eigenvalue weighted by Gasteiger charge is -2.10. The number of rotatable bonds is 9. The number of amides is 1. The van der Waals surface area contributed by atoms with Crippen molar-refractivity contribution in [2.24, 2.45) is 0 Å². The number of halogens is 1. The van der Waals surface area contributed by atoms with Gasteiger partial charge in [0.1, 0.15) is 5.75 Å². The monoisotopic (exact) mass is 327 g/mol. The number of nitrogens with one attached hydrogen (secondary N) is 1. The summed E-state index contributed by atoms with van der Waals surface area (Å²) in [5.74, 6) is 0.480. The number of ether oxygens (including phenoxy) is 3. The van der Waals surface area contributed by atoms with Crippen LogP contribution >= 0.6 is 11.6 Å². The summed E-state index contributed by atoms with van der Waals surface area (Å²) >= 11 is 5.77. The molecular weight excluding hydrogens is 306 g/mol. The molecule has 2 rings (SSSR count). The number of benzene rings is 1. The minimum absolute atomic E-state index is 0.00158. The Labute approximate surface area is 135 Å². The molecule has 1 N–H and O–H groups in total. The Balaban J connectivity index is 1.46. The van der Waals surface area contributed by atoms with Gasteiger partial charge in [-0.1, -0.05) is 11.6 Å². The summed E-state index contributed by atoms with van der Waals surface area (Å²) in [5.41, 5.74) is 0. The molecule has 22 heavy (non-hydrogen) atoms. The van der Waals surface area contributed by atoms with Gasteiger partial charge in [0.05, 0.1) is 12.7 Å². The third-order valence-electron chi connectivity index (χ3n) is 3.30. The zero-order valence-electron chi connectivity index (χ0n) is 12.6. The van der Waals surface area contributed by atoms with E-state index >= 15 is 0 Å². The molecule has 1 saturated heterocycles. The van der Waals surface area contributed by atoms with Crippen molar-refractivity contribution in [1.82, 2.24) is 5.32 Å². The van der Waals surface area contributed by atoms with Crippen LogP contribution in [0.3, 0.4) is 0 Å². The molecule has 1 atom stereocenters. The molecule has 1 fully saturated rings. The molecule has 5 nitrogen and oxygen atoms in total. The normalized spacial score (nSPS) is 17.4. The fraction of sp³-hybridized carbons (Fsp3) is 0.562. The zero-order valence-corrected chi connectivity index (χ0v) is 13.3. The number of carbonyl (C=O) groups is 1. The Bertz CT molecular complexity index is 446. The molecule has 1 amide bonds.